The second kappa shape index (κ2) is 8.49. The molecule has 0 unspecified atom stereocenters. The lowest BCUT2D eigenvalue weighted by Crippen LogP contribution is -2.11. The molecule has 2 rings (SSSR count). The highest BCUT2D eigenvalue weighted by atomic mass is 32.2. The summed E-state index contributed by atoms with van der Waals surface area (Å²) in [4.78, 5) is 14.1. The van der Waals surface area contributed by atoms with Gasteiger partial charge in [0.05, 0.1) is 5.69 Å². The lowest BCUT2D eigenvalue weighted by atomic mass is 10.2. The quantitative estimate of drug-likeness (QED) is 0.762. The van der Waals surface area contributed by atoms with Crippen LogP contribution in [0.15, 0.2) is 64.4 Å². The summed E-state index contributed by atoms with van der Waals surface area (Å²) in [5.41, 5.74) is 0.834. The number of nitrogens with one attached hydrogen (secondary N) is 1. The average Bonchev–Trinajstić information content (AvgIpc) is 2.51. The molecular formula is C17H19NO2S. The first-order valence-electron chi connectivity index (χ1n) is 7.02. The average molecular weight is 301 g/mol. The molecule has 3 nitrogen and oxygen atoms in total. The summed E-state index contributed by atoms with van der Waals surface area (Å²) < 4.78 is 0. The number of aliphatic hydroxyl groups is 1. The van der Waals surface area contributed by atoms with E-state index in [9.17, 15) is 4.79 Å². The summed E-state index contributed by atoms with van der Waals surface area (Å²) in [7, 11) is 0. The maximum absolute atomic E-state index is 11.9. The van der Waals surface area contributed by atoms with Gasteiger partial charge in [0, 0.05) is 22.8 Å². The molecule has 0 atom stereocenters. The summed E-state index contributed by atoms with van der Waals surface area (Å²) in [6, 6.07) is 17.9. The first-order chi connectivity index (χ1) is 10.3. The van der Waals surface area contributed by atoms with Gasteiger partial charge in [-0.2, -0.15) is 0 Å². The molecule has 0 aliphatic rings. The Labute approximate surface area is 129 Å². The Kier molecular flexibility index (Phi) is 6.31. The van der Waals surface area contributed by atoms with Crippen LogP contribution in [0.2, 0.25) is 0 Å². The SMILES string of the molecule is O=C(CCCCO)Nc1ccccc1Sc1ccccc1. The molecular weight excluding hydrogens is 282 g/mol. The molecule has 0 saturated heterocycles. The van der Waals surface area contributed by atoms with E-state index in [0.29, 0.717) is 19.3 Å². The predicted octanol–water partition coefficient (Wildman–Crippen LogP) is 3.94. The number of anilines is 1. The minimum atomic E-state index is -0.00967. The minimum absolute atomic E-state index is 0.00967. The van der Waals surface area contributed by atoms with Crippen LogP contribution in [-0.2, 0) is 4.79 Å². The molecule has 0 aliphatic carbocycles. The van der Waals surface area contributed by atoms with Gasteiger partial charge in [0.25, 0.3) is 0 Å². The van der Waals surface area contributed by atoms with E-state index in [1.54, 1.807) is 11.8 Å². The second-order valence-electron chi connectivity index (χ2n) is 4.64. The van der Waals surface area contributed by atoms with Crippen molar-refractivity contribution in [2.75, 3.05) is 11.9 Å². The zero-order chi connectivity index (χ0) is 14.9. The van der Waals surface area contributed by atoms with Crippen LogP contribution in [0, 0.1) is 0 Å². The molecule has 0 bridgehead atoms. The summed E-state index contributed by atoms with van der Waals surface area (Å²) in [6.07, 6.45) is 1.80. The van der Waals surface area contributed by atoms with Gasteiger partial charge in [0.15, 0.2) is 0 Å². The molecule has 0 aliphatic heterocycles. The van der Waals surface area contributed by atoms with Gasteiger partial charge in [-0.3, -0.25) is 4.79 Å². The van der Waals surface area contributed by atoms with E-state index in [1.165, 1.54) is 0 Å². The van der Waals surface area contributed by atoms with Crippen molar-refractivity contribution < 1.29 is 9.90 Å². The second-order valence-corrected chi connectivity index (χ2v) is 5.76. The van der Waals surface area contributed by atoms with Gasteiger partial charge < -0.3 is 10.4 Å². The fraction of sp³-hybridized carbons (Fsp3) is 0.235. The minimum Gasteiger partial charge on any atom is -0.396 e. The topological polar surface area (TPSA) is 49.3 Å². The summed E-state index contributed by atoms with van der Waals surface area (Å²) in [5, 5.41) is 11.7. The monoisotopic (exact) mass is 301 g/mol. The molecule has 21 heavy (non-hydrogen) atoms. The van der Waals surface area contributed by atoms with E-state index in [-0.39, 0.29) is 12.5 Å². The standard InChI is InChI=1S/C17H19NO2S/c19-13-7-6-12-17(20)18-15-10-4-5-11-16(15)21-14-8-2-1-3-9-14/h1-5,8-11,19H,6-7,12-13H2,(H,18,20). The van der Waals surface area contributed by atoms with Crippen LogP contribution in [0.5, 0.6) is 0 Å². The molecule has 2 aromatic rings. The van der Waals surface area contributed by atoms with Crippen LogP contribution in [0.4, 0.5) is 5.69 Å². The molecule has 0 saturated carbocycles. The van der Waals surface area contributed by atoms with Crippen molar-refractivity contribution >= 4 is 23.4 Å². The molecule has 0 radical (unpaired) electrons. The van der Waals surface area contributed by atoms with Gasteiger partial charge in [0.2, 0.25) is 5.91 Å². The van der Waals surface area contributed by atoms with Crippen molar-refractivity contribution in [2.45, 2.75) is 29.1 Å². The first-order valence-corrected chi connectivity index (χ1v) is 7.84. The van der Waals surface area contributed by atoms with Crippen molar-refractivity contribution in [2.24, 2.45) is 0 Å². The number of rotatable bonds is 7. The zero-order valence-corrected chi connectivity index (χ0v) is 12.6. The van der Waals surface area contributed by atoms with E-state index in [1.807, 2.05) is 54.6 Å². The van der Waals surface area contributed by atoms with E-state index in [4.69, 9.17) is 5.11 Å². The lowest BCUT2D eigenvalue weighted by Gasteiger charge is -2.10. The lowest BCUT2D eigenvalue weighted by molar-refractivity contribution is -0.116. The predicted molar refractivity (Wildman–Crippen MR) is 86.6 cm³/mol. The smallest absolute Gasteiger partial charge is 0.224 e. The van der Waals surface area contributed by atoms with Crippen LogP contribution in [-0.4, -0.2) is 17.6 Å². The van der Waals surface area contributed by atoms with Crippen LogP contribution in [0.3, 0.4) is 0 Å². The number of unbranched alkanes of at least 4 members (excludes halogenated alkanes) is 1. The van der Waals surface area contributed by atoms with Gasteiger partial charge in [-0.25, -0.2) is 0 Å². The van der Waals surface area contributed by atoms with Gasteiger partial charge in [-0.15, -0.1) is 0 Å². The fourth-order valence-electron chi connectivity index (χ4n) is 1.88. The molecule has 2 aromatic carbocycles. The number of carbonyl (C=O) groups excluding carboxylic acids is 1. The summed E-state index contributed by atoms with van der Waals surface area (Å²) in [5.74, 6) is -0.00967. The fourth-order valence-corrected chi connectivity index (χ4v) is 2.81. The number of aliphatic hydroxyl groups excluding tert-OH is 1. The van der Waals surface area contributed by atoms with Crippen LogP contribution in [0.25, 0.3) is 0 Å². The van der Waals surface area contributed by atoms with Crippen molar-refractivity contribution in [1.82, 2.24) is 0 Å². The number of benzene rings is 2. The first kappa shape index (κ1) is 15.6. The van der Waals surface area contributed by atoms with E-state index >= 15 is 0 Å². The van der Waals surface area contributed by atoms with Crippen molar-refractivity contribution in [1.29, 1.82) is 0 Å². The Morgan fingerprint density at radius 1 is 1.00 bits per heavy atom. The number of amides is 1. The maximum Gasteiger partial charge on any atom is 0.224 e. The zero-order valence-electron chi connectivity index (χ0n) is 11.8. The van der Waals surface area contributed by atoms with Crippen molar-refractivity contribution in [3.05, 3.63) is 54.6 Å². The highest BCUT2D eigenvalue weighted by Gasteiger charge is 2.07. The van der Waals surface area contributed by atoms with Crippen LogP contribution >= 0.6 is 11.8 Å². The molecule has 0 heterocycles. The van der Waals surface area contributed by atoms with Gasteiger partial charge in [-0.05, 0) is 37.1 Å². The van der Waals surface area contributed by atoms with Crippen LogP contribution < -0.4 is 5.32 Å². The summed E-state index contributed by atoms with van der Waals surface area (Å²) >= 11 is 1.63. The Morgan fingerprint density at radius 2 is 1.71 bits per heavy atom. The van der Waals surface area contributed by atoms with Crippen LogP contribution in [0.1, 0.15) is 19.3 Å². The van der Waals surface area contributed by atoms with Crippen molar-refractivity contribution in [3.63, 3.8) is 0 Å². The van der Waals surface area contributed by atoms with Gasteiger partial charge in [-0.1, -0.05) is 42.1 Å². The number of carbonyl (C=O) groups is 1. The molecule has 110 valence electrons. The number of hydrogen-bond acceptors (Lipinski definition) is 3. The summed E-state index contributed by atoms with van der Waals surface area (Å²) in [6.45, 7) is 0.133. The molecule has 0 aromatic heterocycles. The van der Waals surface area contributed by atoms with E-state index in [0.717, 1.165) is 15.5 Å². The number of para-hydroxylation sites is 1. The molecule has 4 heteroatoms. The number of hydrogen-bond donors (Lipinski definition) is 2. The Balaban J connectivity index is 2.01. The Morgan fingerprint density at radius 3 is 2.48 bits per heavy atom. The Hall–Kier alpha value is -1.78. The Bertz CT molecular complexity index is 572. The maximum atomic E-state index is 11.9. The highest BCUT2D eigenvalue weighted by Crippen LogP contribution is 2.33. The third-order valence-corrected chi connectivity index (χ3v) is 4.03. The molecule has 1 amide bonds. The van der Waals surface area contributed by atoms with Gasteiger partial charge in [0.1, 0.15) is 0 Å². The molecule has 0 spiro atoms. The van der Waals surface area contributed by atoms with E-state index in [2.05, 4.69) is 5.32 Å². The molecule has 2 N–H and O–H groups in total. The van der Waals surface area contributed by atoms with Crippen molar-refractivity contribution in [3.8, 4) is 0 Å². The molecule has 0 fully saturated rings. The third-order valence-electron chi connectivity index (χ3n) is 2.94. The highest BCUT2D eigenvalue weighted by molar-refractivity contribution is 7.99. The normalized spacial score (nSPS) is 10.3. The third kappa shape index (κ3) is 5.25. The van der Waals surface area contributed by atoms with Gasteiger partial charge >= 0.3 is 0 Å². The van der Waals surface area contributed by atoms with E-state index < -0.39 is 0 Å². The largest absolute Gasteiger partial charge is 0.396 e.